The number of aliphatic hydroxyl groups excluding tert-OH is 1. The van der Waals surface area contributed by atoms with Crippen molar-refractivity contribution < 1.29 is 9.90 Å². The van der Waals surface area contributed by atoms with Crippen LogP contribution < -0.4 is 11.1 Å². The van der Waals surface area contributed by atoms with Crippen LogP contribution in [-0.2, 0) is 11.2 Å². The van der Waals surface area contributed by atoms with E-state index >= 15 is 0 Å². The summed E-state index contributed by atoms with van der Waals surface area (Å²) in [4.78, 5) is 11.9. The van der Waals surface area contributed by atoms with E-state index in [2.05, 4.69) is 5.32 Å². The number of aliphatic hydroxyl groups is 1. The molecule has 1 aliphatic carbocycles. The molecule has 0 spiro atoms. The number of carbonyl (C=O) groups excluding carboxylic acids is 1. The fourth-order valence-electron chi connectivity index (χ4n) is 2.57. The molecule has 2 unspecified atom stereocenters. The smallest absolute Gasteiger partial charge is 0.220 e. The highest BCUT2D eigenvalue weighted by atomic mass is 16.3. The van der Waals surface area contributed by atoms with Crippen molar-refractivity contribution >= 4 is 11.6 Å². The van der Waals surface area contributed by atoms with E-state index in [-0.39, 0.29) is 18.1 Å². The summed E-state index contributed by atoms with van der Waals surface area (Å²) >= 11 is 0. The average molecular weight is 262 g/mol. The SMILES string of the molecule is Nc1cccc(CCC(=O)NC2CCCCC2O)c1. The minimum Gasteiger partial charge on any atom is -0.399 e. The first-order valence-corrected chi connectivity index (χ1v) is 6.97. The molecule has 0 heterocycles. The molecule has 0 saturated heterocycles. The zero-order valence-electron chi connectivity index (χ0n) is 11.1. The quantitative estimate of drug-likeness (QED) is 0.722. The van der Waals surface area contributed by atoms with E-state index in [1.54, 1.807) is 0 Å². The maximum atomic E-state index is 11.9. The van der Waals surface area contributed by atoms with E-state index in [0.717, 1.165) is 36.9 Å². The molecule has 4 nitrogen and oxygen atoms in total. The first-order valence-electron chi connectivity index (χ1n) is 6.97. The lowest BCUT2D eigenvalue weighted by molar-refractivity contribution is -0.123. The van der Waals surface area contributed by atoms with Gasteiger partial charge in [-0.25, -0.2) is 0 Å². The van der Waals surface area contributed by atoms with Crippen molar-refractivity contribution in [1.29, 1.82) is 0 Å². The number of amides is 1. The summed E-state index contributed by atoms with van der Waals surface area (Å²) in [6.07, 6.45) is 4.54. The highest BCUT2D eigenvalue weighted by Gasteiger charge is 2.24. The molecule has 19 heavy (non-hydrogen) atoms. The third-order valence-electron chi connectivity index (χ3n) is 3.67. The van der Waals surface area contributed by atoms with Gasteiger partial charge in [-0.3, -0.25) is 4.79 Å². The molecule has 0 radical (unpaired) electrons. The number of nitrogen functional groups attached to an aromatic ring is 1. The Morgan fingerprint density at radius 2 is 2.16 bits per heavy atom. The molecule has 4 N–H and O–H groups in total. The van der Waals surface area contributed by atoms with Gasteiger partial charge in [0.05, 0.1) is 12.1 Å². The van der Waals surface area contributed by atoms with Crippen molar-refractivity contribution in [3.8, 4) is 0 Å². The fraction of sp³-hybridized carbons (Fsp3) is 0.533. The van der Waals surface area contributed by atoms with Gasteiger partial charge in [-0.05, 0) is 37.0 Å². The number of hydrogen-bond donors (Lipinski definition) is 3. The van der Waals surface area contributed by atoms with Crippen LogP contribution >= 0.6 is 0 Å². The molecule has 1 saturated carbocycles. The van der Waals surface area contributed by atoms with E-state index in [4.69, 9.17) is 5.73 Å². The number of rotatable bonds is 4. The molecule has 4 heteroatoms. The van der Waals surface area contributed by atoms with Crippen molar-refractivity contribution in [2.45, 2.75) is 50.7 Å². The van der Waals surface area contributed by atoms with Crippen LogP contribution in [-0.4, -0.2) is 23.2 Å². The van der Waals surface area contributed by atoms with Crippen LogP contribution in [0.25, 0.3) is 0 Å². The second-order valence-electron chi connectivity index (χ2n) is 5.27. The van der Waals surface area contributed by atoms with E-state index in [9.17, 15) is 9.90 Å². The predicted molar refractivity (Wildman–Crippen MR) is 75.6 cm³/mol. The number of anilines is 1. The zero-order chi connectivity index (χ0) is 13.7. The molecule has 0 aromatic heterocycles. The third-order valence-corrected chi connectivity index (χ3v) is 3.67. The number of hydrogen-bond acceptors (Lipinski definition) is 3. The summed E-state index contributed by atoms with van der Waals surface area (Å²) in [5, 5.41) is 12.7. The third kappa shape index (κ3) is 4.24. The summed E-state index contributed by atoms with van der Waals surface area (Å²) in [6, 6.07) is 7.53. The van der Waals surface area contributed by atoms with Crippen LogP contribution in [0, 0.1) is 0 Å². The Balaban J connectivity index is 1.78. The minimum atomic E-state index is -0.384. The molecule has 0 bridgehead atoms. The molecule has 1 aliphatic rings. The number of nitrogens with two attached hydrogens (primary N) is 1. The van der Waals surface area contributed by atoms with Gasteiger partial charge in [0.2, 0.25) is 5.91 Å². The Hall–Kier alpha value is -1.55. The summed E-state index contributed by atoms with van der Waals surface area (Å²) in [6.45, 7) is 0. The number of benzene rings is 1. The second-order valence-corrected chi connectivity index (χ2v) is 5.27. The summed E-state index contributed by atoms with van der Waals surface area (Å²) in [7, 11) is 0. The number of nitrogens with one attached hydrogen (secondary N) is 1. The van der Waals surface area contributed by atoms with Gasteiger partial charge in [0.1, 0.15) is 0 Å². The Morgan fingerprint density at radius 3 is 2.89 bits per heavy atom. The van der Waals surface area contributed by atoms with Gasteiger partial charge >= 0.3 is 0 Å². The van der Waals surface area contributed by atoms with Crippen LogP contribution in [0.2, 0.25) is 0 Å². The van der Waals surface area contributed by atoms with E-state index in [0.29, 0.717) is 12.8 Å². The van der Waals surface area contributed by atoms with Crippen molar-refractivity contribution in [2.75, 3.05) is 5.73 Å². The van der Waals surface area contributed by atoms with Crippen LogP contribution in [0.15, 0.2) is 24.3 Å². The molecule has 1 aromatic rings. The maximum Gasteiger partial charge on any atom is 0.220 e. The molecule has 1 amide bonds. The minimum absolute atomic E-state index is 0.00775. The Bertz CT molecular complexity index is 434. The van der Waals surface area contributed by atoms with Crippen LogP contribution in [0.5, 0.6) is 0 Å². The van der Waals surface area contributed by atoms with Gasteiger partial charge in [-0.1, -0.05) is 25.0 Å². The lowest BCUT2D eigenvalue weighted by Gasteiger charge is -2.28. The summed E-state index contributed by atoms with van der Waals surface area (Å²) in [5.41, 5.74) is 7.49. The van der Waals surface area contributed by atoms with Crippen molar-refractivity contribution in [3.63, 3.8) is 0 Å². The lowest BCUT2D eigenvalue weighted by atomic mass is 9.92. The van der Waals surface area contributed by atoms with Crippen LogP contribution in [0.4, 0.5) is 5.69 Å². The van der Waals surface area contributed by atoms with Gasteiger partial charge in [-0.2, -0.15) is 0 Å². The molecule has 104 valence electrons. The summed E-state index contributed by atoms with van der Waals surface area (Å²) in [5.74, 6) is 0.00775. The Kier molecular flexibility index (Phi) is 4.80. The van der Waals surface area contributed by atoms with Gasteiger partial charge in [0.25, 0.3) is 0 Å². The average Bonchev–Trinajstić information content (AvgIpc) is 2.39. The predicted octanol–water partition coefficient (Wildman–Crippen LogP) is 1.62. The molecule has 2 atom stereocenters. The second kappa shape index (κ2) is 6.57. The zero-order valence-corrected chi connectivity index (χ0v) is 11.1. The molecule has 2 rings (SSSR count). The first kappa shape index (κ1) is 13.9. The standard InChI is InChI=1S/C15H22N2O2/c16-12-5-3-4-11(10-12)8-9-15(19)17-13-6-1-2-7-14(13)18/h3-5,10,13-14,18H,1-2,6-9,16H2,(H,17,19). The molecule has 0 aliphatic heterocycles. The molecule has 1 aromatic carbocycles. The van der Waals surface area contributed by atoms with Gasteiger partial charge in [0.15, 0.2) is 0 Å². The fourth-order valence-corrected chi connectivity index (χ4v) is 2.57. The van der Waals surface area contributed by atoms with Crippen molar-refractivity contribution in [1.82, 2.24) is 5.32 Å². The highest BCUT2D eigenvalue weighted by Crippen LogP contribution is 2.18. The van der Waals surface area contributed by atoms with Gasteiger partial charge in [-0.15, -0.1) is 0 Å². The number of carbonyl (C=O) groups is 1. The number of aryl methyl sites for hydroxylation is 1. The molecular formula is C15H22N2O2. The monoisotopic (exact) mass is 262 g/mol. The topological polar surface area (TPSA) is 75.4 Å². The Labute approximate surface area is 114 Å². The Morgan fingerprint density at radius 1 is 1.37 bits per heavy atom. The summed E-state index contributed by atoms with van der Waals surface area (Å²) < 4.78 is 0. The molecule has 1 fully saturated rings. The van der Waals surface area contributed by atoms with Crippen molar-refractivity contribution in [2.24, 2.45) is 0 Å². The van der Waals surface area contributed by atoms with E-state index in [1.165, 1.54) is 0 Å². The van der Waals surface area contributed by atoms with Crippen LogP contribution in [0.3, 0.4) is 0 Å². The van der Waals surface area contributed by atoms with E-state index in [1.807, 2.05) is 24.3 Å². The van der Waals surface area contributed by atoms with Crippen LogP contribution in [0.1, 0.15) is 37.7 Å². The highest BCUT2D eigenvalue weighted by molar-refractivity contribution is 5.76. The van der Waals surface area contributed by atoms with E-state index < -0.39 is 0 Å². The normalized spacial score (nSPS) is 23.0. The molecular weight excluding hydrogens is 240 g/mol. The van der Waals surface area contributed by atoms with Gasteiger partial charge in [0, 0.05) is 12.1 Å². The van der Waals surface area contributed by atoms with Crippen molar-refractivity contribution in [3.05, 3.63) is 29.8 Å². The largest absolute Gasteiger partial charge is 0.399 e. The first-order chi connectivity index (χ1) is 9.15. The van der Waals surface area contributed by atoms with Gasteiger partial charge < -0.3 is 16.2 Å². The lowest BCUT2D eigenvalue weighted by Crippen LogP contribution is -2.45. The maximum absolute atomic E-state index is 11.9.